The molecule has 21 heavy (non-hydrogen) atoms. The van der Waals surface area contributed by atoms with Gasteiger partial charge in [0.2, 0.25) is 0 Å². The molecule has 1 spiro atoms. The lowest BCUT2D eigenvalue weighted by molar-refractivity contribution is -0.0740. The monoisotopic (exact) mass is 349 g/mol. The number of ether oxygens (including phenoxy) is 1. The third-order valence-electron chi connectivity index (χ3n) is 5.73. The van der Waals surface area contributed by atoms with Crippen LogP contribution in [0.2, 0.25) is 0 Å². The second-order valence-corrected chi connectivity index (χ2v) is 8.24. The molecule has 1 aromatic rings. The van der Waals surface area contributed by atoms with Crippen LogP contribution in [0.3, 0.4) is 0 Å². The molecule has 2 saturated carbocycles. The summed E-state index contributed by atoms with van der Waals surface area (Å²) < 4.78 is 6.86. The summed E-state index contributed by atoms with van der Waals surface area (Å²) in [6.07, 6.45) is 7.89. The SMILES string of the molecule is Brc1ccccc1C1(CNC2CC2)CC2(CCOCC2)C1. The largest absolute Gasteiger partial charge is 0.381 e. The van der Waals surface area contributed by atoms with Gasteiger partial charge in [0.05, 0.1) is 0 Å². The lowest BCUT2D eigenvalue weighted by atomic mass is 9.48. The van der Waals surface area contributed by atoms with Gasteiger partial charge in [-0.05, 0) is 55.6 Å². The Morgan fingerprint density at radius 2 is 1.86 bits per heavy atom. The molecule has 3 heteroatoms. The minimum absolute atomic E-state index is 0.333. The number of nitrogens with one attached hydrogen (secondary N) is 1. The van der Waals surface area contributed by atoms with Crippen LogP contribution in [0.1, 0.15) is 44.1 Å². The molecule has 3 fully saturated rings. The molecule has 0 amide bonds. The molecule has 0 unspecified atom stereocenters. The smallest absolute Gasteiger partial charge is 0.0471 e. The molecular formula is C18H24BrNO. The second-order valence-electron chi connectivity index (χ2n) is 7.38. The molecule has 3 aliphatic rings. The number of halogens is 1. The van der Waals surface area contributed by atoms with Crippen molar-refractivity contribution < 1.29 is 4.74 Å². The maximum absolute atomic E-state index is 5.58. The summed E-state index contributed by atoms with van der Waals surface area (Å²) in [4.78, 5) is 0. The first-order chi connectivity index (χ1) is 10.2. The van der Waals surface area contributed by atoms with Crippen LogP contribution in [0.25, 0.3) is 0 Å². The zero-order valence-corrected chi connectivity index (χ0v) is 14.1. The van der Waals surface area contributed by atoms with Crippen LogP contribution in [0.4, 0.5) is 0 Å². The van der Waals surface area contributed by atoms with Crippen molar-refractivity contribution >= 4 is 15.9 Å². The fourth-order valence-corrected chi connectivity index (χ4v) is 5.18. The molecule has 1 heterocycles. The van der Waals surface area contributed by atoms with E-state index in [-0.39, 0.29) is 0 Å². The summed E-state index contributed by atoms with van der Waals surface area (Å²) in [5, 5.41) is 3.79. The van der Waals surface area contributed by atoms with Crippen LogP contribution in [0.5, 0.6) is 0 Å². The van der Waals surface area contributed by atoms with Crippen LogP contribution >= 0.6 is 15.9 Å². The lowest BCUT2D eigenvalue weighted by Gasteiger charge is -2.59. The molecule has 2 nitrogen and oxygen atoms in total. The first-order valence-electron chi connectivity index (χ1n) is 8.28. The fraction of sp³-hybridized carbons (Fsp3) is 0.667. The predicted molar refractivity (Wildman–Crippen MR) is 88.6 cm³/mol. The Labute approximate surface area is 135 Å². The van der Waals surface area contributed by atoms with Gasteiger partial charge >= 0.3 is 0 Å². The highest BCUT2D eigenvalue weighted by molar-refractivity contribution is 9.10. The number of benzene rings is 1. The van der Waals surface area contributed by atoms with Crippen molar-refractivity contribution in [2.24, 2.45) is 5.41 Å². The van der Waals surface area contributed by atoms with Gasteiger partial charge in [0.1, 0.15) is 0 Å². The molecule has 4 rings (SSSR count). The van der Waals surface area contributed by atoms with Crippen molar-refractivity contribution in [2.45, 2.75) is 50.0 Å². The third kappa shape index (κ3) is 2.69. The van der Waals surface area contributed by atoms with Crippen LogP contribution < -0.4 is 5.32 Å². The predicted octanol–water partition coefficient (Wildman–Crippen LogP) is 4.03. The first-order valence-corrected chi connectivity index (χ1v) is 9.07. The second kappa shape index (κ2) is 5.36. The number of hydrogen-bond donors (Lipinski definition) is 1. The quantitative estimate of drug-likeness (QED) is 0.885. The Morgan fingerprint density at radius 3 is 2.52 bits per heavy atom. The summed E-state index contributed by atoms with van der Waals surface area (Å²) in [6.45, 7) is 3.06. The molecule has 0 bridgehead atoms. The average molecular weight is 350 g/mol. The van der Waals surface area contributed by atoms with E-state index in [9.17, 15) is 0 Å². The maximum Gasteiger partial charge on any atom is 0.0471 e. The minimum Gasteiger partial charge on any atom is -0.381 e. The van der Waals surface area contributed by atoms with Gasteiger partial charge in [-0.15, -0.1) is 0 Å². The molecular weight excluding hydrogens is 326 g/mol. The van der Waals surface area contributed by atoms with Crippen molar-refractivity contribution in [3.05, 3.63) is 34.3 Å². The van der Waals surface area contributed by atoms with Crippen molar-refractivity contribution in [3.63, 3.8) is 0 Å². The molecule has 1 saturated heterocycles. The van der Waals surface area contributed by atoms with E-state index in [4.69, 9.17) is 4.74 Å². The molecule has 0 radical (unpaired) electrons. The highest BCUT2D eigenvalue weighted by Crippen LogP contribution is 2.61. The molecule has 114 valence electrons. The van der Waals surface area contributed by atoms with Gasteiger partial charge in [-0.3, -0.25) is 0 Å². The van der Waals surface area contributed by atoms with Gasteiger partial charge in [-0.2, -0.15) is 0 Å². The van der Waals surface area contributed by atoms with E-state index in [1.54, 1.807) is 0 Å². The van der Waals surface area contributed by atoms with E-state index < -0.39 is 0 Å². The first kappa shape index (κ1) is 14.2. The third-order valence-corrected chi connectivity index (χ3v) is 6.42. The van der Waals surface area contributed by atoms with Crippen molar-refractivity contribution in [1.29, 1.82) is 0 Å². The van der Waals surface area contributed by atoms with Crippen LogP contribution in [0.15, 0.2) is 28.7 Å². The number of rotatable bonds is 4. The minimum atomic E-state index is 0.333. The summed E-state index contributed by atoms with van der Waals surface area (Å²) >= 11 is 3.79. The van der Waals surface area contributed by atoms with E-state index in [2.05, 4.69) is 45.5 Å². The van der Waals surface area contributed by atoms with Gasteiger partial charge in [0.25, 0.3) is 0 Å². The standard InChI is InChI=1S/C18H24BrNO/c19-16-4-2-1-3-15(16)18(13-20-14-5-6-14)11-17(12-18)7-9-21-10-8-17/h1-4,14,20H,5-13H2. The Kier molecular flexibility index (Phi) is 3.63. The average Bonchev–Trinajstić information content (AvgIpc) is 3.28. The highest BCUT2D eigenvalue weighted by Gasteiger charge is 2.55. The van der Waals surface area contributed by atoms with E-state index in [1.807, 2.05) is 0 Å². The van der Waals surface area contributed by atoms with Gasteiger partial charge in [0.15, 0.2) is 0 Å². The van der Waals surface area contributed by atoms with Crippen molar-refractivity contribution in [1.82, 2.24) is 5.32 Å². The zero-order valence-electron chi connectivity index (χ0n) is 12.5. The maximum atomic E-state index is 5.58. The van der Waals surface area contributed by atoms with E-state index in [0.717, 1.165) is 25.8 Å². The lowest BCUT2D eigenvalue weighted by Crippen LogP contribution is -2.56. The summed E-state index contributed by atoms with van der Waals surface area (Å²) in [7, 11) is 0. The molecule has 1 N–H and O–H groups in total. The van der Waals surface area contributed by atoms with Crippen LogP contribution in [0, 0.1) is 5.41 Å². The summed E-state index contributed by atoms with van der Waals surface area (Å²) in [5.41, 5.74) is 2.40. The normalized spacial score (nSPS) is 26.5. The van der Waals surface area contributed by atoms with Gasteiger partial charge in [-0.25, -0.2) is 0 Å². The van der Waals surface area contributed by atoms with Crippen molar-refractivity contribution in [2.75, 3.05) is 19.8 Å². The Hall–Kier alpha value is -0.380. The van der Waals surface area contributed by atoms with Crippen molar-refractivity contribution in [3.8, 4) is 0 Å². The zero-order chi connectivity index (χ0) is 14.3. The molecule has 0 atom stereocenters. The summed E-state index contributed by atoms with van der Waals surface area (Å²) in [5.74, 6) is 0. The summed E-state index contributed by atoms with van der Waals surface area (Å²) in [6, 6.07) is 9.62. The Morgan fingerprint density at radius 1 is 1.14 bits per heavy atom. The van der Waals surface area contributed by atoms with E-state index in [0.29, 0.717) is 10.8 Å². The van der Waals surface area contributed by atoms with Gasteiger partial charge < -0.3 is 10.1 Å². The van der Waals surface area contributed by atoms with Crippen LogP contribution in [-0.2, 0) is 10.2 Å². The fourth-order valence-electron chi connectivity index (χ4n) is 4.47. The van der Waals surface area contributed by atoms with Gasteiger partial charge in [0, 0.05) is 35.7 Å². The molecule has 2 aliphatic carbocycles. The van der Waals surface area contributed by atoms with E-state index >= 15 is 0 Å². The number of hydrogen-bond acceptors (Lipinski definition) is 2. The van der Waals surface area contributed by atoms with E-state index in [1.165, 1.54) is 48.6 Å². The Bertz CT molecular complexity index is 512. The van der Waals surface area contributed by atoms with Crippen LogP contribution in [-0.4, -0.2) is 25.8 Å². The molecule has 1 aliphatic heterocycles. The Balaban J connectivity index is 1.57. The molecule has 1 aromatic carbocycles. The molecule has 0 aromatic heterocycles. The van der Waals surface area contributed by atoms with Gasteiger partial charge in [-0.1, -0.05) is 34.1 Å². The topological polar surface area (TPSA) is 21.3 Å². The highest BCUT2D eigenvalue weighted by atomic mass is 79.9.